The van der Waals surface area contributed by atoms with Crippen molar-refractivity contribution >= 4 is 35.0 Å². The number of nitriles is 1. The summed E-state index contributed by atoms with van der Waals surface area (Å²) in [5.41, 5.74) is 1.75. The van der Waals surface area contributed by atoms with E-state index in [1.807, 2.05) is 32.8 Å². The van der Waals surface area contributed by atoms with E-state index >= 15 is 4.39 Å². The SMILES string of the molecule is C=C(Nc1ccc(NC(=O)NCCC(C)(C)C#N)cc1)c1c(F)cc(OCCN(C)C)cc1N=CC. The minimum absolute atomic E-state index is 0.245. The minimum atomic E-state index is -0.496. The van der Waals surface area contributed by atoms with E-state index in [9.17, 15) is 4.79 Å². The normalized spacial score (nSPS) is 11.3. The Labute approximate surface area is 212 Å². The van der Waals surface area contributed by atoms with E-state index in [2.05, 4.69) is 33.6 Å². The standard InChI is InChI=1S/C27H35FN6O2/c1-7-30-24-17-22(36-15-14-34(5)6)16-23(28)25(24)19(2)32-20-8-10-21(11-9-20)33-26(35)31-13-12-27(3,4)18-29/h7-11,16-17,32H,2,12-15H2,1,3-6H3,(H2,31,33,35). The van der Waals surface area contributed by atoms with Gasteiger partial charge >= 0.3 is 6.03 Å². The summed E-state index contributed by atoms with van der Waals surface area (Å²) in [7, 11) is 3.87. The number of nitrogens with one attached hydrogen (secondary N) is 3. The zero-order valence-corrected chi connectivity index (χ0v) is 21.6. The largest absolute Gasteiger partial charge is 0.492 e. The van der Waals surface area contributed by atoms with E-state index < -0.39 is 11.2 Å². The van der Waals surface area contributed by atoms with Gasteiger partial charge in [0.15, 0.2) is 0 Å². The highest BCUT2D eigenvalue weighted by atomic mass is 19.1. The Balaban J connectivity index is 2.03. The van der Waals surface area contributed by atoms with Gasteiger partial charge in [-0.15, -0.1) is 0 Å². The average molecular weight is 495 g/mol. The first kappa shape index (κ1) is 28.3. The van der Waals surface area contributed by atoms with Gasteiger partial charge < -0.3 is 25.6 Å². The molecule has 2 rings (SSSR count). The second-order valence-electron chi connectivity index (χ2n) is 9.15. The quantitative estimate of drug-likeness (QED) is 0.332. The molecule has 0 atom stereocenters. The summed E-state index contributed by atoms with van der Waals surface area (Å²) in [6.07, 6.45) is 2.13. The topological polar surface area (TPSA) is 102 Å². The van der Waals surface area contributed by atoms with Crippen LogP contribution in [0.15, 0.2) is 48.0 Å². The molecule has 0 heterocycles. The molecule has 0 spiro atoms. The van der Waals surface area contributed by atoms with E-state index in [-0.39, 0.29) is 11.6 Å². The molecular weight excluding hydrogens is 459 g/mol. The molecule has 0 aliphatic rings. The average Bonchev–Trinajstić information content (AvgIpc) is 2.80. The predicted molar refractivity (Wildman–Crippen MR) is 144 cm³/mol. The molecule has 0 saturated heterocycles. The maximum atomic E-state index is 15.0. The maximum absolute atomic E-state index is 15.0. The highest BCUT2D eigenvalue weighted by Gasteiger charge is 2.17. The van der Waals surface area contributed by atoms with Gasteiger partial charge in [-0.3, -0.25) is 4.99 Å². The van der Waals surface area contributed by atoms with Crippen molar-refractivity contribution in [3.8, 4) is 11.8 Å². The number of halogens is 1. The fraction of sp³-hybridized carbons (Fsp3) is 0.370. The van der Waals surface area contributed by atoms with Crippen LogP contribution in [-0.2, 0) is 0 Å². The van der Waals surface area contributed by atoms with Crippen molar-refractivity contribution in [2.75, 3.05) is 44.4 Å². The first-order valence-corrected chi connectivity index (χ1v) is 11.7. The van der Waals surface area contributed by atoms with Crippen LogP contribution in [0, 0.1) is 22.6 Å². The molecule has 3 N–H and O–H groups in total. The highest BCUT2D eigenvalue weighted by molar-refractivity contribution is 5.90. The zero-order valence-electron chi connectivity index (χ0n) is 21.6. The summed E-state index contributed by atoms with van der Waals surface area (Å²) in [4.78, 5) is 18.4. The molecule has 0 unspecified atom stereocenters. The van der Waals surface area contributed by atoms with Crippen LogP contribution in [-0.4, -0.2) is 50.9 Å². The van der Waals surface area contributed by atoms with Crippen molar-refractivity contribution in [3.05, 3.63) is 54.4 Å². The van der Waals surface area contributed by atoms with Gasteiger partial charge in [0.2, 0.25) is 0 Å². The van der Waals surface area contributed by atoms with Crippen molar-refractivity contribution < 1.29 is 13.9 Å². The number of anilines is 2. The number of urea groups is 1. The molecule has 0 aliphatic carbocycles. The fourth-order valence-electron chi connectivity index (χ4n) is 3.13. The van der Waals surface area contributed by atoms with E-state index in [0.717, 1.165) is 0 Å². The Morgan fingerprint density at radius 1 is 1.22 bits per heavy atom. The van der Waals surface area contributed by atoms with Gasteiger partial charge in [-0.05, 0) is 65.6 Å². The maximum Gasteiger partial charge on any atom is 0.319 e. The molecule has 0 saturated carbocycles. The minimum Gasteiger partial charge on any atom is -0.492 e. The Bertz CT molecular complexity index is 1120. The molecule has 192 valence electrons. The number of hydrogen-bond donors (Lipinski definition) is 3. The van der Waals surface area contributed by atoms with E-state index in [4.69, 9.17) is 10.00 Å². The van der Waals surface area contributed by atoms with Gasteiger partial charge in [0.1, 0.15) is 18.2 Å². The zero-order chi connectivity index (χ0) is 26.7. The van der Waals surface area contributed by atoms with Gasteiger partial charge in [-0.2, -0.15) is 5.26 Å². The smallest absolute Gasteiger partial charge is 0.319 e. The number of amides is 2. The second-order valence-corrected chi connectivity index (χ2v) is 9.15. The molecule has 0 aromatic heterocycles. The summed E-state index contributed by atoms with van der Waals surface area (Å²) in [5, 5.41) is 17.6. The molecule has 2 aromatic rings. The van der Waals surface area contributed by atoms with Crippen LogP contribution in [0.4, 0.5) is 26.2 Å². The Hall–Kier alpha value is -3.90. The molecule has 0 fully saturated rings. The van der Waals surface area contributed by atoms with Gasteiger partial charge in [0.05, 0.1) is 22.7 Å². The number of benzene rings is 2. The number of carbonyl (C=O) groups excluding carboxylic acids is 1. The van der Waals surface area contributed by atoms with Crippen molar-refractivity contribution in [1.82, 2.24) is 10.2 Å². The van der Waals surface area contributed by atoms with Crippen LogP contribution in [0.1, 0.15) is 32.8 Å². The molecule has 0 bridgehead atoms. The van der Waals surface area contributed by atoms with Crippen LogP contribution < -0.4 is 20.7 Å². The third-order valence-corrected chi connectivity index (χ3v) is 5.20. The second kappa shape index (κ2) is 13.3. The molecule has 36 heavy (non-hydrogen) atoms. The summed E-state index contributed by atoms with van der Waals surface area (Å²) in [5.74, 6) is -0.0959. The van der Waals surface area contributed by atoms with Gasteiger partial charge in [0, 0.05) is 48.5 Å². The third kappa shape index (κ3) is 9.04. The predicted octanol–water partition coefficient (Wildman–Crippen LogP) is 5.63. The lowest BCUT2D eigenvalue weighted by atomic mass is 9.92. The Kier molecular flexibility index (Phi) is 10.4. The molecule has 0 aliphatic heterocycles. The van der Waals surface area contributed by atoms with Gasteiger partial charge in [-0.25, -0.2) is 9.18 Å². The molecule has 9 heteroatoms. The number of ether oxygens (including phenoxy) is 1. The van der Waals surface area contributed by atoms with Crippen molar-refractivity contribution in [2.24, 2.45) is 10.4 Å². The lowest BCUT2D eigenvalue weighted by Crippen LogP contribution is -2.31. The third-order valence-electron chi connectivity index (χ3n) is 5.20. The van der Waals surface area contributed by atoms with Crippen LogP contribution in [0.3, 0.4) is 0 Å². The summed E-state index contributed by atoms with van der Waals surface area (Å²) in [6, 6.07) is 11.8. The van der Waals surface area contributed by atoms with E-state index in [1.165, 1.54) is 6.07 Å². The summed E-state index contributed by atoms with van der Waals surface area (Å²) >= 11 is 0. The molecule has 2 amide bonds. The highest BCUT2D eigenvalue weighted by Crippen LogP contribution is 2.33. The summed E-state index contributed by atoms with van der Waals surface area (Å²) < 4.78 is 20.7. The first-order valence-electron chi connectivity index (χ1n) is 11.7. The van der Waals surface area contributed by atoms with Gasteiger partial charge in [0.25, 0.3) is 0 Å². The Morgan fingerprint density at radius 3 is 2.44 bits per heavy atom. The summed E-state index contributed by atoms with van der Waals surface area (Å²) in [6.45, 7) is 10.9. The van der Waals surface area contributed by atoms with Gasteiger partial charge in [-0.1, -0.05) is 6.58 Å². The number of nitrogens with zero attached hydrogens (tertiary/aromatic N) is 3. The van der Waals surface area contributed by atoms with Crippen molar-refractivity contribution in [2.45, 2.75) is 27.2 Å². The van der Waals surface area contributed by atoms with Crippen LogP contribution in [0.5, 0.6) is 5.75 Å². The molecular formula is C27H35FN6O2. The number of hydrogen-bond acceptors (Lipinski definition) is 6. The fourth-order valence-corrected chi connectivity index (χ4v) is 3.13. The number of aliphatic imine (C=N–C) groups is 1. The Morgan fingerprint density at radius 2 is 1.86 bits per heavy atom. The van der Waals surface area contributed by atoms with E-state index in [1.54, 1.807) is 43.5 Å². The lowest BCUT2D eigenvalue weighted by Gasteiger charge is -2.16. The molecule has 2 aromatic carbocycles. The monoisotopic (exact) mass is 494 g/mol. The van der Waals surface area contributed by atoms with E-state index in [0.29, 0.717) is 54.6 Å². The van der Waals surface area contributed by atoms with Crippen LogP contribution >= 0.6 is 0 Å². The van der Waals surface area contributed by atoms with Crippen LogP contribution in [0.25, 0.3) is 5.70 Å². The number of rotatable bonds is 12. The molecule has 8 nitrogen and oxygen atoms in total. The lowest BCUT2D eigenvalue weighted by molar-refractivity contribution is 0.251. The molecule has 0 radical (unpaired) electrons. The van der Waals surface area contributed by atoms with Crippen molar-refractivity contribution in [1.29, 1.82) is 5.26 Å². The number of likely N-dealkylation sites (N-methyl/N-ethyl adjacent to an activating group) is 1. The first-order chi connectivity index (χ1) is 17.0. The van der Waals surface area contributed by atoms with Crippen molar-refractivity contribution in [3.63, 3.8) is 0 Å². The van der Waals surface area contributed by atoms with Crippen LogP contribution in [0.2, 0.25) is 0 Å². The number of carbonyl (C=O) groups is 1.